The van der Waals surface area contributed by atoms with Crippen molar-refractivity contribution in [2.45, 2.75) is 6.61 Å². The van der Waals surface area contributed by atoms with Gasteiger partial charge in [-0.25, -0.2) is 0 Å². The maximum absolute atomic E-state index is 12.5. The molecule has 6 nitrogen and oxygen atoms in total. The monoisotopic (exact) mass is 414 g/mol. The molecule has 2 N–H and O–H groups in total. The zero-order chi connectivity index (χ0) is 21.3. The van der Waals surface area contributed by atoms with Gasteiger partial charge in [0.1, 0.15) is 5.75 Å². The minimum atomic E-state index is -2.99. The van der Waals surface area contributed by atoms with E-state index in [0.717, 1.165) is 0 Å². The minimum Gasteiger partial charge on any atom is -0.493 e. The summed E-state index contributed by atoms with van der Waals surface area (Å²) >= 11 is 0. The quantitative estimate of drug-likeness (QED) is 0.508. The summed E-state index contributed by atoms with van der Waals surface area (Å²) in [7, 11) is 1.35. The molecule has 0 heterocycles. The van der Waals surface area contributed by atoms with Gasteiger partial charge in [-0.05, 0) is 36.4 Å². The highest BCUT2D eigenvalue weighted by atomic mass is 19.3. The molecule has 0 spiro atoms. The second-order valence-electron chi connectivity index (χ2n) is 6.06. The van der Waals surface area contributed by atoms with Crippen LogP contribution in [0, 0.1) is 0 Å². The predicted molar refractivity (Wildman–Crippen MR) is 110 cm³/mol. The lowest BCUT2D eigenvalue weighted by molar-refractivity contribution is -0.114. The van der Waals surface area contributed by atoms with Gasteiger partial charge in [-0.1, -0.05) is 30.3 Å². The van der Waals surface area contributed by atoms with Crippen LogP contribution in [-0.4, -0.2) is 26.2 Å². The number of alkyl halides is 2. The molecule has 0 unspecified atom stereocenters. The summed E-state index contributed by atoms with van der Waals surface area (Å²) in [5, 5.41) is 5.63. The molecule has 3 aromatic rings. The molecule has 8 heteroatoms. The van der Waals surface area contributed by atoms with Crippen molar-refractivity contribution < 1.29 is 27.8 Å². The number of ether oxygens (including phenoxy) is 3. The second-order valence-corrected chi connectivity index (χ2v) is 6.06. The van der Waals surface area contributed by atoms with Gasteiger partial charge in [-0.3, -0.25) is 4.79 Å². The van der Waals surface area contributed by atoms with E-state index in [1.165, 1.54) is 19.2 Å². The van der Waals surface area contributed by atoms with E-state index in [0.29, 0.717) is 22.9 Å². The van der Waals surface area contributed by atoms with Gasteiger partial charge in [0.15, 0.2) is 17.2 Å². The Kier molecular flexibility index (Phi) is 7.05. The SMILES string of the molecule is COc1ccc(NCC(=O)Nc2ccccc2Oc2ccccc2)cc1OC(F)F. The Morgan fingerprint density at radius 1 is 0.933 bits per heavy atom. The van der Waals surface area contributed by atoms with E-state index < -0.39 is 6.61 Å². The summed E-state index contributed by atoms with van der Waals surface area (Å²) in [5.41, 5.74) is 0.931. The van der Waals surface area contributed by atoms with Gasteiger partial charge in [0.2, 0.25) is 5.91 Å². The number of halogens is 2. The molecular weight excluding hydrogens is 394 g/mol. The third kappa shape index (κ3) is 5.84. The number of hydrogen-bond donors (Lipinski definition) is 2. The van der Waals surface area contributed by atoms with E-state index >= 15 is 0 Å². The Bertz CT molecular complexity index is 984. The smallest absolute Gasteiger partial charge is 0.387 e. The van der Waals surface area contributed by atoms with Crippen molar-refractivity contribution >= 4 is 17.3 Å². The highest BCUT2D eigenvalue weighted by Crippen LogP contribution is 2.32. The third-order valence-electron chi connectivity index (χ3n) is 3.96. The fourth-order valence-corrected chi connectivity index (χ4v) is 2.63. The number of nitrogens with one attached hydrogen (secondary N) is 2. The van der Waals surface area contributed by atoms with Crippen LogP contribution in [0.2, 0.25) is 0 Å². The molecule has 0 radical (unpaired) electrons. The molecule has 156 valence electrons. The van der Waals surface area contributed by atoms with E-state index in [1.54, 1.807) is 30.3 Å². The molecule has 1 amide bonds. The first-order valence-electron chi connectivity index (χ1n) is 9.03. The van der Waals surface area contributed by atoms with Crippen molar-refractivity contribution in [1.82, 2.24) is 0 Å². The first-order valence-corrected chi connectivity index (χ1v) is 9.03. The fraction of sp³-hybridized carbons (Fsp3) is 0.136. The van der Waals surface area contributed by atoms with Gasteiger partial charge >= 0.3 is 6.61 Å². The van der Waals surface area contributed by atoms with Crippen LogP contribution >= 0.6 is 0 Å². The molecule has 0 aromatic heterocycles. The average molecular weight is 414 g/mol. The van der Waals surface area contributed by atoms with Gasteiger partial charge in [0.05, 0.1) is 19.3 Å². The van der Waals surface area contributed by atoms with E-state index in [4.69, 9.17) is 9.47 Å². The summed E-state index contributed by atoms with van der Waals surface area (Å²) in [6.07, 6.45) is 0. The molecule has 0 bridgehead atoms. The summed E-state index contributed by atoms with van der Waals surface area (Å²) in [6, 6.07) is 20.6. The number of carbonyl (C=O) groups is 1. The topological polar surface area (TPSA) is 68.8 Å². The third-order valence-corrected chi connectivity index (χ3v) is 3.96. The molecule has 0 aliphatic heterocycles. The lowest BCUT2D eigenvalue weighted by Crippen LogP contribution is -2.22. The van der Waals surface area contributed by atoms with E-state index in [9.17, 15) is 13.6 Å². The number of hydrogen-bond acceptors (Lipinski definition) is 5. The van der Waals surface area contributed by atoms with Crippen molar-refractivity contribution in [1.29, 1.82) is 0 Å². The van der Waals surface area contributed by atoms with Crippen molar-refractivity contribution in [3.05, 3.63) is 72.8 Å². The number of carbonyl (C=O) groups excluding carboxylic acids is 1. The Morgan fingerprint density at radius 2 is 1.67 bits per heavy atom. The lowest BCUT2D eigenvalue weighted by atomic mass is 10.2. The number of para-hydroxylation sites is 3. The minimum absolute atomic E-state index is 0.0971. The van der Waals surface area contributed by atoms with Crippen LogP contribution in [0.3, 0.4) is 0 Å². The number of rotatable bonds is 9. The molecule has 0 fully saturated rings. The first kappa shape index (κ1) is 20.9. The van der Waals surface area contributed by atoms with Gasteiger partial charge in [0, 0.05) is 11.8 Å². The normalized spacial score (nSPS) is 10.4. The van der Waals surface area contributed by atoms with Crippen molar-refractivity contribution in [3.63, 3.8) is 0 Å². The van der Waals surface area contributed by atoms with Gasteiger partial charge in [0.25, 0.3) is 0 Å². The predicted octanol–water partition coefficient (Wildman–Crippen LogP) is 5.14. The summed E-state index contributed by atoms with van der Waals surface area (Å²) in [5.74, 6) is 0.833. The molecule has 0 aliphatic rings. The van der Waals surface area contributed by atoms with Gasteiger partial charge < -0.3 is 24.8 Å². The number of methoxy groups -OCH3 is 1. The van der Waals surface area contributed by atoms with Crippen LogP contribution in [0.25, 0.3) is 0 Å². The Labute approximate surface area is 172 Å². The number of anilines is 2. The van der Waals surface area contributed by atoms with Crippen LogP contribution in [0.1, 0.15) is 0 Å². The van der Waals surface area contributed by atoms with Crippen LogP contribution in [0.5, 0.6) is 23.0 Å². The molecule has 0 saturated heterocycles. The second kappa shape index (κ2) is 10.1. The van der Waals surface area contributed by atoms with Crippen LogP contribution in [0.15, 0.2) is 72.8 Å². The van der Waals surface area contributed by atoms with E-state index in [1.807, 2.05) is 30.3 Å². The van der Waals surface area contributed by atoms with Crippen molar-refractivity contribution in [2.24, 2.45) is 0 Å². The summed E-state index contributed by atoms with van der Waals surface area (Å²) in [4.78, 5) is 12.4. The molecule has 30 heavy (non-hydrogen) atoms. The maximum atomic E-state index is 12.5. The number of amides is 1. The summed E-state index contributed by atoms with van der Waals surface area (Å²) < 4.78 is 40.3. The van der Waals surface area contributed by atoms with E-state index in [2.05, 4.69) is 15.4 Å². The zero-order valence-electron chi connectivity index (χ0n) is 16.1. The molecule has 0 aliphatic carbocycles. The standard InChI is InChI=1S/C22H20F2N2O4/c1-28-19-12-11-15(13-20(19)30-22(23)24)25-14-21(27)26-17-9-5-6-10-18(17)29-16-7-3-2-4-8-16/h2-13,22,25H,14H2,1H3,(H,26,27). The highest BCUT2D eigenvalue weighted by Gasteiger charge is 2.12. The largest absolute Gasteiger partial charge is 0.493 e. The molecule has 0 saturated carbocycles. The molecule has 3 rings (SSSR count). The van der Waals surface area contributed by atoms with Crippen LogP contribution < -0.4 is 24.8 Å². The number of benzene rings is 3. The summed E-state index contributed by atoms with van der Waals surface area (Å²) in [6.45, 7) is -3.08. The molecule has 0 atom stereocenters. The van der Waals surface area contributed by atoms with Crippen LogP contribution in [0.4, 0.5) is 20.2 Å². The van der Waals surface area contributed by atoms with Gasteiger partial charge in [-0.15, -0.1) is 0 Å². The maximum Gasteiger partial charge on any atom is 0.387 e. The van der Waals surface area contributed by atoms with Crippen molar-refractivity contribution in [2.75, 3.05) is 24.3 Å². The molecule has 3 aromatic carbocycles. The Balaban J connectivity index is 1.63. The van der Waals surface area contributed by atoms with Crippen molar-refractivity contribution in [3.8, 4) is 23.0 Å². The van der Waals surface area contributed by atoms with Gasteiger partial charge in [-0.2, -0.15) is 8.78 Å². The Hall–Kier alpha value is -3.81. The first-order chi connectivity index (χ1) is 14.5. The van der Waals surface area contributed by atoms with E-state index in [-0.39, 0.29) is 24.0 Å². The lowest BCUT2D eigenvalue weighted by Gasteiger charge is -2.14. The van der Waals surface area contributed by atoms with Crippen LogP contribution in [-0.2, 0) is 4.79 Å². The fourth-order valence-electron chi connectivity index (χ4n) is 2.63. The zero-order valence-corrected chi connectivity index (χ0v) is 16.1. The average Bonchev–Trinajstić information content (AvgIpc) is 2.74. The highest BCUT2D eigenvalue weighted by molar-refractivity contribution is 5.95. The molecular formula is C22H20F2N2O4. The Morgan fingerprint density at radius 3 is 2.40 bits per heavy atom.